The first-order chi connectivity index (χ1) is 10.2. The summed E-state index contributed by atoms with van der Waals surface area (Å²) in [5.41, 5.74) is 2.40. The summed E-state index contributed by atoms with van der Waals surface area (Å²) in [5.74, 6) is 0.231. The summed E-state index contributed by atoms with van der Waals surface area (Å²) in [6.07, 6.45) is 6.11. The fourth-order valence-electron chi connectivity index (χ4n) is 3.23. The second kappa shape index (κ2) is 6.80. The number of carbonyl (C=O) groups is 1. The average Bonchev–Trinajstić information content (AvgIpc) is 2.54. The molecule has 0 spiro atoms. The average molecular weight is 308 g/mol. The lowest BCUT2D eigenvalue weighted by atomic mass is 9.99. The van der Waals surface area contributed by atoms with E-state index in [0.717, 1.165) is 49.4 Å². The highest BCUT2D eigenvalue weighted by atomic mass is 35.5. The SMILES string of the molecule is O=C(CCC1CCCCO1)N1CCc2cccc(Cl)c2C1. The van der Waals surface area contributed by atoms with Crippen molar-refractivity contribution in [2.45, 2.75) is 51.2 Å². The molecule has 1 fully saturated rings. The van der Waals surface area contributed by atoms with Gasteiger partial charge in [-0.15, -0.1) is 0 Å². The Balaban J connectivity index is 1.55. The van der Waals surface area contributed by atoms with Crippen molar-refractivity contribution < 1.29 is 9.53 Å². The summed E-state index contributed by atoms with van der Waals surface area (Å²) in [6.45, 7) is 2.31. The number of hydrogen-bond acceptors (Lipinski definition) is 2. The second-order valence-electron chi connectivity index (χ2n) is 5.97. The smallest absolute Gasteiger partial charge is 0.222 e. The Labute approximate surface area is 131 Å². The Kier molecular flexibility index (Phi) is 4.81. The largest absolute Gasteiger partial charge is 0.378 e. The molecule has 0 N–H and O–H groups in total. The van der Waals surface area contributed by atoms with E-state index in [9.17, 15) is 4.79 Å². The molecule has 3 nitrogen and oxygen atoms in total. The summed E-state index contributed by atoms with van der Waals surface area (Å²) in [5, 5.41) is 0.778. The molecule has 114 valence electrons. The molecule has 1 saturated heterocycles. The summed E-state index contributed by atoms with van der Waals surface area (Å²) in [7, 11) is 0. The minimum atomic E-state index is 0.231. The number of fused-ring (bicyclic) bond motifs is 1. The van der Waals surface area contributed by atoms with Crippen molar-refractivity contribution in [3.63, 3.8) is 0 Å². The predicted octanol–water partition coefficient (Wildman–Crippen LogP) is 3.57. The molecule has 0 aromatic heterocycles. The van der Waals surface area contributed by atoms with Crippen LogP contribution in [0.5, 0.6) is 0 Å². The number of nitrogens with zero attached hydrogens (tertiary/aromatic N) is 1. The van der Waals surface area contributed by atoms with Crippen LogP contribution < -0.4 is 0 Å². The standard InChI is InChI=1S/C17H22ClNO2/c18-16-6-3-4-13-9-10-19(12-15(13)16)17(20)8-7-14-5-1-2-11-21-14/h3-4,6,14H,1-2,5,7-12H2. The van der Waals surface area contributed by atoms with Gasteiger partial charge in [-0.25, -0.2) is 0 Å². The number of amides is 1. The predicted molar refractivity (Wildman–Crippen MR) is 83.4 cm³/mol. The van der Waals surface area contributed by atoms with Crippen LogP contribution in [0, 0.1) is 0 Å². The van der Waals surface area contributed by atoms with Crippen molar-refractivity contribution in [3.8, 4) is 0 Å². The van der Waals surface area contributed by atoms with E-state index >= 15 is 0 Å². The molecule has 2 heterocycles. The fraction of sp³-hybridized carbons (Fsp3) is 0.588. The van der Waals surface area contributed by atoms with E-state index in [-0.39, 0.29) is 12.0 Å². The summed E-state index contributed by atoms with van der Waals surface area (Å²) in [4.78, 5) is 14.3. The highest BCUT2D eigenvalue weighted by Gasteiger charge is 2.23. The first-order valence-corrected chi connectivity index (χ1v) is 8.27. The van der Waals surface area contributed by atoms with Gasteiger partial charge in [0.1, 0.15) is 0 Å². The van der Waals surface area contributed by atoms with E-state index in [2.05, 4.69) is 6.07 Å². The fourth-order valence-corrected chi connectivity index (χ4v) is 3.48. The zero-order valence-corrected chi connectivity index (χ0v) is 13.1. The van der Waals surface area contributed by atoms with Gasteiger partial charge in [0.05, 0.1) is 6.10 Å². The highest BCUT2D eigenvalue weighted by molar-refractivity contribution is 6.31. The molecule has 2 aliphatic heterocycles. The van der Waals surface area contributed by atoms with Crippen LogP contribution in [0.4, 0.5) is 0 Å². The number of benzene rings is 1. The van der Waals surface area contributed by atoms with Gasteiger partial charge in [-0.1, -0.05) is 23.7 Å². The number of ether oxygens (including phenoxy) is 1. The summed E-state index contributed by atoms with van der Waals surface area (Å²) >= 11 is 6.25. The van der Waals surface area contributed by atoms with Crippen molar-refractivity contribution in [3.05, 3.63) is 34.3 Å². The van der Waals surface area contributed by atoms with Gasteiger partial charge in [-0.2, -0.15) is 0 Å². The minimum Gasteiger partial charge on any atom is -0.378 e. The van der Waals surface area contributed by atoms with E-state index < -0.39 is 0 Å². The minimum absolute atomic E-state index is 0.231. The molecule has 1 atom stereocenters. The number of halogens is 1. The van der Waals surface area contributed by atoms with Crippen LogP contribution >= 0.6 is 11.6 Å². The normalized spacial score (nSPS) is 22.0. The van der Waals surface area contributed by atoms with Gasteiger partial charge in [0.25, 0.3) is 0 Å². The van der Waals surface area contributed by atoms with Crippen molar-refractivity contribution in [1.29, 1.82) is 0 Å². The summed E-state index contributed by atoms with van der Waals surface area (Å²) in [6, 6.07) is 6.00. The van der Waals surface area contributed by atoms with Crippen molar-refractivity contribution >= 4 is 17.5 Å². The van der Waals surface area contributed by atoms with Crippen molar-refractivity contribution in [2.24, 2.45) is 0 Å². The van der Waals surface area contributed by atoms with Gasteiger partial charge in [-0.05, 0) is 49.3 Å². The quantitative estimate of drug-likeness (QED) is 0.854. The molecule has 0 saturated carbocycles. The number of hydrogen-bond donors (Lipinski definition) is 0. The second-order valence-corrected chi connectivity index (χ2v) is 6.38. The Hall–Kier alpha value is -1.06. The van der Waals surface area contributed by atoms with Crippen LogP contribution in [0.15, 0.2) is 18.2 Å². The lowest BCUT2D eigenvalue weighted by molar-refractivity contribution is -0.133. The summed E-state index contributed by atoms with van der Waals surface area (Å²) < 4.78 is 5.70. The maximum atomic E-state index is 12.4. The molecule has 3 rings (SSSR count). The van der Waals surface area contributed by atoms with E-state index in [1.54, 1.807) is 0 Å². The zero-order chi connectivity index (χ0) is 14.7. The van der Waals surface area contributed by atoms with Crippen LogP contribution in [0.25, 0.3) is 0 Å². The van der Waals surface area contributed by atoms with Crippen LogP contribution in [-0.4, -0.2) is 30.1 Å². The molecule has 0 bridgehead atoms. The van der Waals surface area contributed by atoms with Crippen molar-refractivity contribution in [1.82, 2.24) is 4.90 Å². The van der Waals surface area contributed by atoms with Crippen molar-refractivity contribution in [2.75, 3.05) is 13.2 Å². The monoisotopic (exact) mass is 307 g/mol. The lowest BCUT2D eigenvalue weighted by Gasteiger charge is -2.30. The molecule has 21 heavy (non-hydrogen) atoms. The van der Waals surface area contributed by atoms with E-state index in [1.165, 1.54) is 12.0 Å². The molecule has 1 aromatic rings. The third-order valence-electron chi connectivity index (χ3n) is 4.52. The molecule has 4 heteroatoms. The number of carbonyl (C=O) groups excluding carboxylic acids is 1. The first-order valence-electron chi connectivity index (χ1n) is 7.89. The Morgan fingerprint density at radius 1 is 1.38 bits per heavy atom. The maximum absolute atomic E-state index is 12.4. The van der Waals surface area contributed by atoms with Gasteiger partial charge in [0.2, 0.25) is 5.91 Å². The van der Waals surface area contributed by atoms with Crippen LogP contribution in [-0.2, 0) is 22.5 Å². The van der Waals surface area contributed by atoms with Gasteiger partial charge in [0.15, 0.2) is 0 Å². The molecular formula is C17H22ClNO2. The lowest BCUT2D eigenvalue weighted by Crippen LogP contribution is -2.36. The Bertz CT molecular complexity index is 512. The Morgan fingerprint density at radius 3 is 3.10 bits per heavy atom. The van der Waals surface area contributed by atoms with Crippen LogP contribution in [0.1, 0.15) is 43.2 Å². The van der Waals surface area contributed by atoms with Crippen LogP contribution in [0.2, 0.25) is 5.02 Å². The maximum Gasteiger partial charge on any atom is 0.222 e. The molecule has 1 unspecified atom stereocenters. The molecule has 1 aromatic carbocycles. The molecular weight excluding hydrogens is 286 g/mol. The number of rotatable bonds is 3. The third-order valence-corrected chi connectivity index (χ3v) is 4.88. The van der Waals surface area contributed by atoms with E-state index in [1.807, 2.05) is 17.0 Å². The van der Waals surface area contributed by atoms with Gasteiger partial charge < -0.3 is 9.64 Å². The molecule has 2 aliphatic rings. The van der Waals surface area contributed by atoms with Gasteiger partial charge >= 0.3 is 0 Å². The van der Waals surface area contributed by atoms with Gasteiger partial charge in [-0.3, -0.25) is 4.79 Å². The first kappa shape index (κ1) is 14.9. The molecule has 0 aliphatic carbocycles. The van der Waals surface area contributed by atoms with Gasteiger partial charge in [0, 0.05) is 31.1 Å². The zero-order valence-electron chi connectivity index (χ0n) is 12.3. The van der Waals surface area contributed by atoms with E-state index in [4.69, 9.17) is 16.3 Å². The van der Waals surface area contributed by atoms with Crippen LogP contribution in [0.3, 0.4) is 0 Å². The molecule has 0 radical (unpaired) electrons. The molecule has 1 amide bonds. The third kappa shape index (κ3) is 3.58. The highest BCUT2D eigenvalue weighted by Crippen LogP contribution is 2.27. The Morgan fingerprint density at radius 2 is 2.29 bits per heavy atom. The van der Waals surface area contributed by atoms with E-state index in [0.29, 0.717) is 13.0 Å². The topological polar surface area (TPSA) is 29.5 Å².